The second-order valence-corrected chi connectivity index (χ2v) is 6.69. The molecule has 0 aliphatic heterocycles. The molecule has 0 bridgehead atoms. The third-order valence-electron chi connectivity index (χ3n) is 3.97. The molecule has 0 saturated heterocycles. The van der Waals surface area contributed by atoms with Gasteiger partial charge in [-0.05, 0) is 38.0 Å². The van der Waals surface area contributed by atoms with E-state index >= 15 is 0 Å². The summed E-state index contributed by atoms with van der Waals surface area (Å²) in [4.78, 5) is 22.4. The summed E-state index contributed by atoms with van der Waals surface area (Å²) in [7, 11) is 0. The normalized spacial score (nSPS) is 11.2. The van der Waals surface area contributed by atoms with Gasteiger partial charge in [0.25, 0.3) is 5.69 Å². The molecule has 150 valence electrons. The van der Waals surface area contributed by atoms with Crippen LogP contribution in [0.5, 0.6) is 0 Å². The Hall–Kier alpha value is -2.81. The van der Waals surface area contributed by atoms with E-state index in [-0.39, 0.29) is 5.69 Å². The Balaban J connectivity index is 2.21. The van der Waals surface area contributed by atoms with Crippen LogP contribution in [0.25, 0.3) is 0 Å². The molecule has 0 radical (unpaired) electrons. The molecule has 0 heterocycles. The van der Waals surface area contributed by atoms with Crippen LogP contribution in [0.4, 0.5) is 30.2 Å². The first-order chi connectivity index (χ1) is 12.9. The number of carbonyl (C=O) groups is 1. The van der Waals surface area contributed by atoms with Gasteiger partial charge in [-0.1, -0.05) is 29.3 Å². The number of amides is 1. The second-order valence-electron chi connectivity index (χ2n) is 6.28. The van der Waals surface area contributed by atoms with E-state index in [1.807, 2.05) is 32.9 Å². The minimum atomic E-state index is -4.84. The first kappa shape index (κ1) is 21.5. The highest BCUT2D eigenvalue weighted by atomic mass is 35.5. The van der Waals surface area contributed by atoms with E-state index in [1.54, 1.807) is 0 Å². The molecular formula is C18H17ClF3N3O3. The highest BCUT2D eigenvalue weighted by molar-refractivity contribution is 6.31. The number of hydrogen-bond acceptors (Lipinski definition) is 4. The van der Waals surface area contributed by atoms with Gasteiger partial charge < -0.3 is 10.6 Å². The molecule has 28 heavy (non-hydrogen) atoms. The zero-order valence-electron chi connectivity index (χ0n) is 15.2. The highest BCUT2D eigenvalue weighted by Crippen LogP contribution is 2.40. The minimum absolute atomic E-state index is 0.282. The number of nitro groups is 1. The number of nitrogens with one attached hydrogen (secondary N) is 2. The molecule has 0 aliphatic rings. The summed E-state index contributed by atoms with van der Waals surface area (Å²) in [6, 6.07) is 4.90. The number of halogens is 4. The van der Waals surface area contributed by atoms with Gasteiger partial charge in [0.05, 0.1) is 22.1 Å². The zero-order valence-corrected chi connectivity index (χ0v) is 16.0. The SMILES string of the molecule is Cc1cc(C)c(NC(=O)CNc2cc(Cl)c(C(F)(F)F)cc2[N+](=O)[O-])c(C)c1. The van der Waals surface area contributed by atoms with Crippen LogP contribution in [0.3, 0.4) is 0 Å². The standard InChI is InChI=1S/C18H17ClF3N3O3/c1-9-4-10(2)17(11(3)5-9)24-16(26)8-23-14-7-13(19)12(18(20,21)22)6-15(14)25(27)28/h4-7,23H,8H2,1-3H3,(H,24,26). The molecule has 0 atom stereocenters. The van der Waals surface area contributed by atoms with Crippen molar-refractivity contribution in [1.29, 1.82) is 0 Å². The van der Waals surface area contributed by atoms with Crippen molar-refractivity contribution in [1.82, 2.24) is 0 Å². The molecule has 2 N–H and O–H groups in total. The van der Waals surface area contributed by atoms with Gasteiger partial charge in [0.1, 0.15) is 5.69 Å². The van der Waals surface area contributed by atoms with Gasteiger partial charge in [-0.25, -0.2) is 0 Å². The maximum absolute atomic E-state index is 12.9. The Labute approximate surface area is 163 Å². The topological polar surface area (TPSA) is 84.3 Å². The van der Waals surface area contributed by atoms with Crippen LogP contribution in [0.2, 0.25) is 5.02 Å². The Morgan fingerprint density at radius 2 is 1.71 bits per heavy atom. The predicted molar refractivity (Wildman–Crippen MR) is 101 cm³/mol. The van der Waals surface area contributed by atoms with E-state index in [2.05, 4.69) is 10.6 Å². The highest BCUT2D eigenvalue weighted by Gasteiger charge is 2.36. The quantitative estimate of drug-likeness (QED) is 0.516. The first-order valence-electron chi connectivity index (χ1n) is 8.07. The summed E-state index contributed by atoms with van der Waals surface area (Å²) in [5.41, 5.74) is 0.895. The fraction of sp³-hybridized carbons (Fsp3) is 0.278. The number of nitrogens with zero attached hydrogens (tertiary/aromatic N) is 1. The van der Waals surface area contributed by atoms with Crippen molar-refractivity contribution in [3.63, 3.8) is 0 Å². The molecule has 0 fully saturated rings. The summed E-state index contributed by atoms with van der Waals surface area (Å²) in [5, 5.41) is 15.6. The molecule has 10 heteroatoms. The van der Waals surface area contributed by atoms with Gasteiger partial charge in [0.15, 0.2) is 0 Å². The van der Waals surface area contributed by atoms with Crippen molar-refractivity contribution in [2.24, 2.45) is 0 Å². The summed E-state index contributed by atoms with van der Waals surface area (Å²) >= 11 is 5.61. The Bertz CT molecular complexity index is 923. The molecule has 1 amide bonds. The summed E-state index contributed by atoms with van der Waals surface area (Å²) in [6.07, 6.45) is -4.84. The number of hydrogen-bond donors (Lipinski definition) is 2. The Morgan fingerprint density at radius 3 is 2.21 bits per heavy atom. The van der Waals surface area contributed by atoms with E-state index in [1.165, 1.54) is 0 Å². The fourth-order valence-corrected chi connectivity index (χ4v) is 3.08. The van der Waals surface area contributed by atoms with Crippen LogP contribution in [0.15, 0.2) is 24.3 Å². The van der Waals surface area contributed by atoms with Crippen molar-refractivity contribution in [3.05, 3.63) is 61.7 Å². The maximum atomic E-state index is 12.9. The number of anilines is 2. The largest absolute Gasteiger partial charge is 0.418 e. The average molecular weight is 416 g/mol. The monoisotopic (exact) mass is 415 g/mol. The van der Waals surface area contributed by atoms with Gasteiger partial charge in [0.2, 0.25) is 5.91 Å². The van der Waals surface area contributed by atoms with E-state index in [0.717, 1.165) is 22.8 Å². The van der Waals surface area contributed by atoms with Crippen molar-refractivity contribution in [2.45, 2.75) is 26.9 Å². The first-order valence-corrected chi connectivity index (χ1v) is 8.44. The molecule has 0 saturated carbocycles. The average Bonchev–Trinajstić information content (AvgIpc) is 2.54. The third-order valence-corrected chi connectivity index (χ3v) is 4.28. The maximum Gasteiger partial charge on any atom is 0.418 e. The molecule has 0 aliphatic carbocycles. The lowest BCUT2D eigenvalue weighted by Gasteiger charge is -2.14. The zero-order chi connectivity index (χ0) is 21.2. The van der Waals surface area contributed by atoms with E-state index in [9.17, 15) is 28.1 Å². The lowest BCUT2D eigenvalue weighted by Crippen LogP contribution is -2.23. The third kappa shape index (κ3) is 4.92. The van der Waals surface area contributed by atoms with Crippen LogP contribution in [0.1, 0.15) is 22.3 Å². The van der Waals surface area contributed by atoms with Gasteiger partial charge in [-0.3, -0.25) is 14.9 Å². The van der Waals surface area contributed by atoms with Crippen LogP contribution in [-0.4, -0.2) is 17.4 Å². The second kappa shape index (κ2) is 8.05. The molecule has 6 nitrogen and oxygen atoms in total. The van der Waals surface area contributed by atoms with Crippen molar-refractivity contribution in [3.8, 4) is 0 Å². The molecule has 0 spiro atoms. The number of rotatable bonds is 5. The summed E-state index contributed by atoms with van der Waals surface area (Å²) in [5.74, 6) is -0.514. The fourth-order valence-electron chi connectivity index (χ4n) is 2.81. The van der Waals surface area contributed by atoms with Crippen molar-refractivity contribution >= 4 is 34.6 Å². The number of benzene rings is 2. The number of alkyl halides is 3. The molecule has 2 rings (SSSR count). The summed E-state index contributed by atoms with van der Waals surface area (Å²) in [6.45, 7) is 5.17. The molecule has 0 unspecified atom stereocenters. The van der Waals surface area contributed by atoms with Gasteiger partial charge in [-0.2, -0.15) is 13.2 Å². The van der Waals surface area contributed by atoms with E-state index < -0.39 is 39.8 Å². The van der Waals surface area contributed by atoms with E-state index in [0.29, 0.717) is 11.8 Å². The Kier molecular flexibility index (Phi) is 6.18. The molecule has 2 aromatic carbocycles. The minimum Gasteiger partial charge on any atom is -0.371 e. The van der Waals surface area contributed by atoms with Crippen molar-refractivity contribution < 1.29 is 22.9 Å². The van der Waals surface area contributed by atoms with Crippen LogP contribution < -0.4 is 10.6 Å². The number of carbonyl (C=O) groups excluding carboxylic acids is 1. The number of aryl methyl sites for hydroxylation is 3. The lowest BCUT2D eigenvalue weighted by molar-refractivity contribution is -0.384. The Morgan fingerprint density at radius 1 is 1.14 bits per heavy atom. The number of nitro benzene ring substituents is 1. The van der Waals surface area contributed by atoms with Crippen LogP contribution in [0, 0.1) is 30.9 Å². The van der Waals surface area contributed by atoms with Gasteiger partial charge in [0, 0.05) is 11.8 Å². The van der Waals surface area contributed by atoms with Crippen LogP contribution in [-0.2, 0) is 11.0 Å². The van der Waals surface area contributed by atoms with Gasteiger partial charge in [-0.15, -0.1) is 0 Å². The molecular weight excluding hydrogens is 399 g/mol. The summed E-state index contributed by atoms with van der Waals surface area (Å²) < 4.78 is 38.7. The molecule has 0 aromatic heterocycles. The lowest BCUT2D eigenvalue weighted by atomic mass is 10.1. The van der Waals surface area contributed by atoms with Gasteiger partial charge >= 0.3 is 6.18 Å². The van der Waals surface area contributed by atoms with Crippen LogP contribution >= 0.6 is 11.6 Å². The predicted octanol–water partition coefficient (Wildman–Crippen LogP) is 5.24. The smallest absolute Gasteiger partial charge is 0.371 e. The van der Waals surface area contributed by atoms with Crippen molar-refractivity contribution in [2.75, 3.05) is 17.2 Å². The molecule has 2 aromatic rings. The van der Waals surface area contributed by atoms with E-state index in [4.69, 9.17) is 11.6 Å².